The number of nitrogens with one attached hydrogen (secondary N) is 1. The van der Waals surface area contributed by atoms with Crippen LogP contribution in [-0.4, -0.2) is 13.2 Å². The van der Waals surface area contributed by atoms with E-state index in [1.807, 2.05) is 19.9 Å². The topological polar surface area (TPSA) is 47.3 Å². The molecule has 0 amide bonds. The van der Waals surface area contributed by atoms with Crippen molar-refractivity contribution in [3.8, 4) is 0 Å². The molecule has 92 valence electrons. The van der Waals surface area contributed by atoms with Crippen molar-refractivity contribution < 1.29 is 4.84 Å². The largest absolute Gasteiger partial charge is 0.305 e. The third-order valence-corrected chi connectivity index (χ3v) is 2.61. The SMILES string of the molecule is CC.NOCCCNSCc1ccccc1. The van der Waals surface area contributed by atoms with Crippen LogP contribution in [-0.2, 0) is 10.6 Å². The molecular weight excluding hydrogens is 220 g/mol. The zero-order chi connectivity index (χ0) is 12.1. The van der Waals surface area contributed by atoms with Crippen LogP contribution in [0.5, 0.6) is 0 Å². The summed E-state index contributed by atoms with van der Waals surface area (Å²) in [6.07, 6.45) is 0.943. The van der Waals surface area contributed by atoms with Crippen LogP contribution in [0.4, 0.5) is 0 Å². The molecule has 0 heterocycles. The first-order valence-electron chi connectivity index (χ1n) is 5.63. The monoisotopic (exact) mass is 242 g/mol. The summed E-state index contributed by atoms with van der Waals surface area (Å²) in [4.78, 5) is 4.46. The highest BCUT2D eigenvalue weighted by atomic mass is 32.2. The average Bonchev–Trinajstić information content (AvgIpc) is 2.37. The first-order valence-corrected chi connectivity index (χ1v) is 6.62. The molecule has 0 saturated heterocycles. The number of nitrogens with two attached hydrogens (primary N) is 1. The van der Waals surface area contributed by atoms with E-state index in [0.29, 0.717) is 6.61 Å². The summed E-state index contributed by atoms with van der Waals surface area (Å²) in [7, 11) is 0. The minimum atomic E-state index is 0.610. The highest BCUT2D eigenvalue weighted by Gasteiger charge is 1.91. The van der Waals surface area contributed by atoms with Crippen LogP contribution in [0, 0.1) is 0 Å². The predicted molar refractivity (Wildman–Crippen MR) is 71.8 cm³/mol. The van der Waals surface area contributed by atoms with Crippen molar-refractivity contribution in [2.24, 2.45) is 5.90 Å². The first-order chi connectivity index (χ1) is 7.93. The number of hydrogen-bond donors (Lipinski definition) is 2. The lowest BCUT2D eigenvalue weighted by molar-refractivity contribution is 0.136. The van der Waals surface area contributed by atoms with Crippen molar-refractivity contribution in [3.05, 3.63) is 35.9 Å². The Balaban J connectivity index is 0.00000106. The minimum Gasteiger partial charge on any atom is -0.305 e. The molecule has 0 fully saturated rings. The van der Waals surface area contributed by atoms with Crippen molar-refractivity contribution >= 4 is 11.9 Å². The normalized spacial score (nSPS) is 9.44. The molecule has 0 radical (unpaired) electrons. The molecular formula is C12H22N2OS. The molecule has 3 N–H and O–H groups in total. The van der Waals surface area contributed by atoms with Gasteiger partial charge in [-0.2, -0.15) is 0 Å². The fraction of sp³-hybridized carbons (Fsp3) is 0.500. The Morgan fingerprint density at radius 1 is 1.25 bits per heavy atom. The Morgan fingerprint density at radius 2 is 1.94 bits per heavy atom. The Hall–Kier alpha value is -0.550. The van der Waals surface area contributed by atoms with E-state index in [9.17, 15) is 0 Å². The molecule has 1 aromatic carbocycles. The minimum absolute atomic E-state index is 0.610. The van der Waals surface area contributed by atoms with Crippen molar-refractivity contribution in [1.29, 1.82) is 0 Å². The molecule has 0 spiro atoms. The van der Waals surface area contributed by atoms with Gasteiger partial charge in [0.25, 0.3) is 0 Å². The summed E-state index contributed by atoms with van der Waals surface area (Å²) in [5, 5.41) is 0. The van der Waals surface area contributed by atoms with E-state index in [1.54, 1.807) is 11.9 Å². The highest BCUT2D eigenvalue weighted by molar-refractivity contribution is 7.96. The van der Waals surface area contributed by atoms with Crippen LogP contribution >= 0.6 is 11.9 Å². The molecule has 0 aliphatic heterocycles. The Morgan fingerprint density at radius 3 is 2.56 bits per heavy atom. The predicted octanol–water partition coefficient (Wildman–Crippen LogP) is 2.73. The number of hydrogen-bond acceptors (Lipinski definition) is 4. The van der Waals surface area contributed by atoms with Gasteiger partial charge < -0.3 is 4.84 Å². The zero-order valence-electron chi connectivity index (χ0n) is 10.1. The molecule has 1 aromatic rings. The van der Waals surface area contributed by atoms with Gasteiger partial charge in [0.2, 0.25) is 0 Å². The summed E-state index contributed by atoms with van der Waals surface area (Å²) < 4.78 is 3.25. The molecule has 0 unspecified atom stereocenters. The van der Waals surface area contributed by atoms with E-state index in [1.165, 1.54) is 5.56 Å². The van der Waals surface area contributed by atoms with E-state index in [2.05, 4.69) is 33.8 Å². The molecule has 0 aromatic heterocycles. The van der Waals surface area contributed by atoms with Crippen molar-refractivity contribution in [2.75, 3.05) is 13.2 Å². The van der Waals surface area contributed by atoms with E-state index in [0.717, 1.165) is 18.7 Å². The first kappa shape index (κ1) is 15.4. The quantitative estimate of drug-likeness (QED) is 0.438. The van der Waals surface area contributed by atoms with Crippen LogP contribution in [0.25, 0.3) is 0 Å². The second-order valence-corrected chi connectivity index (χ2v) is 3.76. The van der Waals surface area contributed by atoms with Gasteiger partial charge in [0.1, 0.15) is 0 Å². The molecule has 0 bridgehead atoms. The van der Waals surface area contributed by atoms with Gasteiger partial charge in [-0.3, -0.25) is 4.72 Å². The summed E-state index contributed by atoms with van der Waals surface area (Å²) in [6, 6.07) is 10.4. The van der Waals surface area contributed by atoms with Gasteiger partial charge in [-0.25, -0.2) is 5.90 Å². The van der Waals surface area contributed by atoms with Crippen LogP contribution < -0.4 is 10.6 Å². The van der Waals surface area contributed by atoms with Gasteiger partial charge in [0.05, 0.1) is 6.61 Å². The van der Waals surface area contributed by atoms with Gasteiger partial charge in [0, 0.05) is 12.3 Å². The molecule has 3 nitrogen and oxygen atoms in total. The van der Waals surface area contributed by atoms with E-state index in [4.69, 9.17) is 5.90 Å². The van der Waals surface area contributed by atoms with Crippen molar-refractivity contribution in [3.63, 3.8) is 0 Å². The Bertz CT molecular complexity index is 232. The van der Waals surface area contributed by atoms with Crippen LogP contribution in [0.2, 0.25) is 0 Å². The lowest BCUT2D eigenvalue weighted by atomic mass is 10.2. The maximum absolute atomic E-state index is 4.90. The maximum Gasteiger partial charge on any atom is 0.0691 e. The van der Waals surface area contributed by atoms with Crippen LogP contribution in [0.15, 0.2) is 30.3 Å². The lowest BCUT2D eigenvalue weighted by Crippen LogP contribution is -2.10. The van der Waals surface area contributed by atoms with Crippen molar-refractivity contribution in [2.45, 2.75) is 26.0 Å². The van der Waals surface area contributed by atoms with Gasteiger partial charge in [-0.1, -0.05) is 56.1 Å². The molecule has 0 aliphatic rings. The molecule has 4 heteroatoms. The van der Waals surface area contributed by atoms with Crippen LogP contribution in [0.3, 0.4) is 0 Å². The zero-order valence-corrected chi connectivity index (χ0v) is 10.9. The number of benzene rings is 1. The smallest absolute Gasteiger partial charge is 0.0691 e. The second-order valence-electron chi connectivity index (χ2n) is 2.89. The van der Waals surface area contributed by atoms with E-state index in [-0.39, 0.29) is 0 Å². The summed E-state index contributed by atoms with van der Waals surface area (Å²) in [5.41, 5.74) is 1.33. The van der Waals surface area contributed by atoms with E-state index >= 15 is 0 Å². The molecule has 0 saturated carbocycles. The van der Waals surface area contributed by atoms with Crippen molar-refractivity contribution in [1.82, 2.24) is 4.72 Å². The number of rotatable bonds is 7. The average molecular weight is 242 g/mol. The molecule has 0 atom stereocenters. The van der Waals surface area contributed by atoms with Crippen LogP contribution in [0.1, 0.15) is 25.8 Å². The third kappa shape index (κ3) is 8.73. The Labute approximate surface area is 103 Å². The van der Waals surface area contributed by atoms with Gasteiger partial charge in [-0.05, 0) is 12.0 Å². The third-order valence-electron chi connectivity index (χ3n) is 1.72. The Kier molecular flexibility index (Phi) is 12.1. The van der Waals surface area contributed by atoms with E-state index < -0.39 is 0 Å². The van der Waals surface area contributed by atoms with Gasteiger partial charge in [-0.15, -0.1) is 0 Å². The molecule has 0 aliphatic carbocycles. The standard InChI is InChI=1S/C10H16N2OS.C2H6/c11-13-8-4-7-12-14-9-10-5-2-1-3-6-10;1-2/h1-3,5-6,12H,4,7-9,11H2;1-2H3. The highest BCUT2D eigenvalue weighted by Crippen LogP contribution is 2.07. The fourth-order valence-corrected chi connectivity index (χ4v) is 1.76. The molecule has 16 heavy (non-hydrogen) atoms. The van der Waals surface area contributed by atoms with Gasteiger partial charge in [0.15, 0.2) is 0 Å². The maximum atomic E-state index is 4.90. The summed E-state index contributed by atoms with van der Waals surface area (Å²) >= 11 is 1.71. The second kappa shape index (κ2) is 12.5. The summed E-state index contributed by atoms with van der Waals surface area (Å²) in [5.74, 6) is 5.89. The lowest BCUT2D eigenvalue weighted by Gasteiger charge is -2.03. The fourth-order valence-electron chi connectivity index (χ4n) is 1.01. The van der Waals surface area contributed by atoms with Gasteiger partial charge >= 0.3 is 0 Å². The summed E-state index contributed by atoms with van der Waals surface area (Å²) in [6.45, 7) is 5.54. The molecule has 1 rings (SSSR count).